The first-order valence-corrected chi connectivity index (χ1v) is 16.1. The van der Waals surface area contributed by atoms with Crippen molar-refractivity contribution in [2.45, 2.75) is 11.2 Å². The molecule has 0 amide bonds. The molecule has 53 heavy (non-hydrogen) atoms. The first kappa shape index (κ1) is 31.5. The Morgan fingerprint density at radius 2 is 0.830 bits per heavy atom. The number of carbonyl (C=O) groups is 3. The largest absolute Gasteiger partial charge is 0.508 e. The van der Waals surface area contributed by atoms with Gasteiger partial charge in [-0.2, -0.15) is 0 Å². The first-order chi connectivity index (χ1) is 25.5. The predicted molar refractivity (Wildman–Crippen MR) is 183 cm³/mol. The van der Waals surface area contributed by atoms with E-state index in [-0.39, 0.29) is 45.6 Å². The number of carboxylic acid groups (broad SMARTS) is 1. The maximum Gasteiger partial charge on any atom is 0.340 e. The molecule has 10 rings (SSSR count). The number of benzene rings is 6. The second kappa shape index (κ2) is 11.0. The van der Waals surface area contributed by atoms with Crippen LogP contribution in [-0.2, 0) is 20.7 Å². The first-order valence-electron chi connectivity index (χ1n) is 16.1. The number of rotatable bonds is 1. The van der Waals surface area contributed by atoms with E-state index in [1.54, 1.807) is 42.5 Å². The van der Waals surface area contributed by atoms with Crippen molar-refractivity contribution in [3.63, 3.8) is 0 Å². The standard InChI is InChI=1S/C21H12O7.C20H12O5/c22-11-2-5-15-17(8-11)27-18-9-12(23)3-6-16(18)21(15)14-4-1-10(19(24)25)7-13(14)20(26)28-21;21-11-5-7-15-17(9-11)24-18-10-12(22)6-8-16(18)20(15)14-4-2-1-3-13(14)19(23)25-20/h1-9,22-23H,(H,24,25);1-10,21-22H. The van der Waals surface area contributed by atoms with Crippen LogP contribution in [0.15, 0.2) is 115 Å². The number of hydrogen-bond acceptors (Lipinski definition) is 11. The van der Waals surface area contributed by atoms with Crippen LogP contribution < -0.4 is 9.47 Å². The molecule has 12 nitrogen and oxygen atoms in total. The highest BCUT2D eigenvalue weighted by atomic mass is 16.6. The summed E-state index contributed by atoms with van der Waals surface area (Å²) in [5.74, 6) is -0.961. The third-order valence-electron chi connectivity index (χ3n) is 9.70. The quantitative estimate of drug-likeness (QED) is 0.110. The summed E-state index contributed by atoms with van der Waals surface area (Å²) in [5.41, 5.74) is 1.44. The Labute approximate surface area is 298 Å². The minimum Gasteiger partial charge on any atom is -0.508 e. The lowest BCUT2D eigenvalue weighted by Gasteiger charge is -2.36. The van der Waals surface area contributed by atoms with Crippen LogP contribution in [0, 0.1) is 0 Å². The number of hydrogen-bond donors (Lipinski definition) is 5. The van der Waals surface area contributed by atoms with Crippen LogP contribution >= 0.6 is 0 Å². The molecule has 6 aromatic rings. The fraction of sp³-hybridized carbons (Fsp3) is 0.0488. The van der Waals surface area contributed by atoms with E-state index in [9.17, 15) is 39.9 Å². The van der Waals surface area contributed by atoms with Gasteiger partial charge in [0.2, 0.25) is 0 Å². The van der Waals surface area contributed by atoms with Crippen molar-refractivity contribution in [1.29, 1.82) is 0 Å². The fourth-order valence-corrected chi connectivity index (χ4v) is 7.49. The lowest BCUT2D eigenvalue weighted by molar-refractivity contribution is 0.0214. The minimum absolute atomic E-state index is 0.0309. The van der Waals surface area contributed by atoms with Crippen LogP contribution in [0.3, 0.4) is 0 Å². The molecule has 0 saturated carbocycles. The number of aromatic carboxylic acids is 1. The number of carboxylic acids is 1. The van der Waals surface area contributed by atoms with Gasteiger partial charge in [-0.25, -0.2) is 14.4 Å². The van der Waals surface area contributed by atoms with Gasteiger partial charge in [0.05, 0.1) is 16.7 Å². The van der Waals surface area contributed by atoms with Crippen molar-refractivity contribution in [3.8, 4) is 46.0 Å². The topological polar surface area (TPSA) is 189 Å². The number of phenolic OH excluding ortho intramolecular Hbond substituents is 4. The molecule has 6 aromatic carbocycles. The molecule has 5 N–H and O–H groups in total. The molecule has 4 heterocycles. The van der Waals surface area contributed by atoms with Gasteiger partial charge in [0.15, 0.2) is 11.2 Å². The van der Waals surface area contributed by atoms with Crippen molar-refractivity contribution < 1.29 is 58.9 Å². The molecule has 0 fully saturated rings. The van der Waals surface area contributed by atoms with Gasteiger partial charge in [-0.1, -0.05) is 24.3 Å². The molecule has 4 aliphatic heterocycles. The Kier molecular flexibility index (Phi) is 6.55. The lowest BCUT2D eigenvalue weighted by atomic mass is 9.77. The summed E-state index contributed by atoms with van der Waals surface area (Å²) >= 11 is 0. The third kappa shape index (κ3) is 4.45. The highest BCUT2D eigenvalue weighted by molar-refractivity contribution is 6.00. The van der Waals surface area contributed by atoms with Gasteiger partial charge in [-0.05, 0) is 66.7 Å². The SMILES string of the molecule is O=C(O)c1ccc2c(c1)C(=O)OC21c2ccc(O)cc2Oc2cc(O)ccc21.O=C1OC2(c3ccc(O)cc3Oc3cc(O)ccc32)c2ccccc21. The normalized spacial score (nSPS) is 15.5. The summed E-state index contributed by atoms with van der Waals surface area (Å²) in [4.78, 5) is 36.6. The summed E-state index contributed by atoms with van der Waals surface area (Å²) in [7, 11) is 0. The van der Waals surface area contributed by atoms with Gasteiger partial charge >= 0.3 is 17.9 Å². The van der Waals surface area contributed by atoms with E-state index < -0.39 is 29.1 Å². The fourth-order valence-electron chi connectivity index (χ4n) is 7.49. The lowest BCUT2D eigenvalue weighted by Crippen LogP contribution is -2.32. The van der Waals surface area contributed by atoms with E-state index >= 15 is 0 Å². The Balaban J connectivity index is 0.000000141. The summed E-state index contributed by atoms with van der Waals surface area (Å²) in [6, 6.07) is 29.7. The summed E-state index contributed by atoms with van der Waals surface area (Å²) in [6.45, 7) is 0. The molecule has 0 atom stereocenters. The van der Waals surface area contributed by atoms with Crippen LogP contribution in [0.2, 0.25) is 0 Å². The average Bonchev–Trinajstić information content (AvgIpc) is 3.59. The number of carbonyl (C=O) groups excluding carboxylic acids is 2. The Bertz CT molecular complexity index is 2500. The maximum atomic E-state index is 12.7. The van der Waals surface area contributed by atoms with Crippen molar-refractivity contribution in [1.82, 2.24) is 0 Å². The van der Waals surface area contributed by atoms with Gasteiger partial charge in [-0.3, -0.25) is 0 Å². The monoisotopic (exact) mass is 708 g/mol. The zero-order valence-electron chi connectivity index (χ0n) is 27.1. The molecular weight excluding hydrogens is 684 g/mol. The summed E-state index contributed by atoms with van der Waals surface area (Å²) in [6.07, 6.45) is 0. The van der Waals surface area contributed by atoms with E-state index in [0.717, 1.165) is 0 Å². The van der Waals surface area contributed by atoms with Gasteiger partial charge in [-0.15, -0.1) is 0 Å². The molecule has 0 aromatic heterocycles. The molecule has 0 saturated heterocycles. The molecule has 0 unspecified atom stereocenters. The molecule has 4 aliphatic rings. The zero-order chi connectivity index (χ0) is 36.8. The number of aromatic hydroxyl groups is 4. The third-order valence-corrected chi connectivity index (χ3v) is 9.70. The Morgan fingerprint density at radius 3 is 1.26 bits per heavy atom. The van der Waals surface area contributed by atoms with Crippen molar-refractivity contribution in [2.75, 3.05) is 0 Å². The second-order valence-corrected chi connectivity index (χ2v) is 12.7. The number of ether oxygens (including phenoxy) is 4. The van der Waals surface area contributed by atoms with E-state index in [2.05, 4.69) is 0 Å². The van der Waals surface area contributed by atoms with E-state index in [4.69, 9.17) is 18.9 Å². The number of esters is 2. The zero-order valence-corrected chi connectivity index (χ0v) is 27.1. The molecule has 0 bridgehead atoms. The van der Waals surface area contributed by atoms with E-state index in [0.29, 0.717) is 50.4 Å². The van der Waals surface area contributed by atoms with Crippen molar-refractivity contribution in [3.05, 3.63) is 165 Å². The maximum absolute atomic E-state index is 12.7. The Morgan fingerprint density at radius 1 is 0.453 bits per heavy atom. The van der Waals surface area contributed by atoms with E-state index in [1.807, 2.05) is 12.1 Å². The second-order valence-electron chi connectivity index (χ2n) is 12.7. The Hall–Kier alpha value is -7.47. The smallest absolute Gasteiger partial charge is 0.340 e. The highest BCUT2D eigenvalue weighted by Crippen LogP contribution is 2.58. The van der Waals surface area contributed by atoms with Gasteiger partial charge in [0.25, 0.3) is 0 Å². The molecular formula is C41H24O12. The number of fused-ring (bicyclic) bond motifs is 12. The van der Waals surface area contributed by atoms with Crippen molar-refractivity contribution in [2.24, 2.45) is 0 Å². The van der Waals surface area contributed by atoms with Crippen LogP contribution in [0.5, 0.6) is 46.0 Å². The minimum atomic E-state index is -1.38. The number of phenols is 4. The molecule has 260 valence electrons. The molecule has 12 heteroatoms. The molecule has 0 aliphatic carbocycles. The van der Waals surface area contributed by atoms with Crippen LogP contribution in [0.4, 0.5) is 0 Å². The van der Waals surface area contributed by atoms with Crippen LogP contribution in [0.1, 0.15) is 64.5 Å². The van der Waals surface area contributed by atoms with Crippen molar-refractivity contribution >= 4 is 17.9 Å². The highest BCUT2D eigenvalue weighted by Gasteiger charge is 2.55. The predicted octanol–water partition coefficient (Wildman–Crippen LogP) is 7.03. The average molecular weight is 709 g/mol. The van der Waals surface area contributed by atoms with Crippen LogP contribution in [-0.4, -0.2) is 43.4 Å². The molecule has 2 spiro atoms. The van der Waals surface area contributed by atoms with E-state index in [1.165, 1.54) is 60.7 Å². The molecule has 0 radical (unpaired) electrons. The van der Waals surface area contributed by atoms with Gasteiger partial charge in [0, 0.05) is 57.6 Å². The summed E-state index contributed by atoms with van der Waals surface area (Å²) in [5, 5.41) is 48.6. The van der Waals surface area contributed by atoms with Gasteiger partial charge < -0.3 is 44.5 Å². The van der Waals surface area contributed by atoms with Gasteiger partial charge in [0.1, 0.15) is 46.0 Å². The summed E-state index contributed by atoms with van der Waals surface area (Å²) < 4.78 is 23.5. The van der Waals surface area contributed by atoms with Crippen LogP contribution in [0.25, 0.3) is 0 Å².